The fraction of sp³-hybridized carbons (Fsp3) is 0.545. The van der Waals surface area contributed by atoms with E-state index in [1.165, 1.54) is 0 Å². The van der Waals surface area contributed by atoms with Gasteiger partial charge < -0.3 is 19.3 Å². The molecule has 0 saturated carbocycles. The number of ether oxygens (including phenoxy) is 2. The van der Waals surface area contributed by atoms with Crippen LogP contribution in [0, 0.1) is 0 Å². The molecule has 2 N–H and O–H groups in total. The van der Waals surface area contributed by atoms with E-state index < -0.39 is 32.5 Å². The van der Waals surface area contributed by atoms with Gasteiger partial charge in [-0.25, -0.2) is 4.57 Å². The number of rotatable bonds is 34. The Bertz CT molecular complexity index is 1220. The molecule has 1 atom stereocenters. The van der Waals surface area contributed by atoms with E-state index in [0.29, 0.717) is 12.8 Å². The first-order valence-electron chi connectivity index (χ1n) is 19.7. The molecule has 0 radical (unpaired) electrons. The third-order valence-electron chi connectivity index (χ3n) is 7.60. The van der Waals surface area contributed by atoms with Crippen LogP contribution in [-0.2, 0) is 28.2 Å². The van der Waals surface area contributed by atoms with Crippen LogP contribution in [0.5, 0.6) is 0 Å². The first-order chi connectivity index (χ1) is 25.8. The fourth-order valence-electron chi connectivity index (χ4n) is 4.73. The van der Waals surface area contributed by atoms with Crippen LogP contribution >= 0.6 is 7.82 Å². The van der Waals surface area contributed by atoms with Crippen molar-refractivity contribution < 1.29 is 37.9 Å². The minimum Gasteiger partial charge on any atom is -0.462 e. The van der Waals surface area contributed by atoms with Crippen LogP contribution in [0.1, 0.15) is 136 Å². The number of carbonyl (C=O) groups excluding carboxylic acids is 2. The highest BCUT2D eigenvalue weighted by Gasteiger charge is 2.22. The Balaban J connectivity index is 4.06. The van der Waals surface area contributed by atoms with Crippen molar-refractivity contribution in [1.29, 1.82) is 0 Å². The summed E-state index contributed by atoms with van der Waals surface area (Å²) >= 11 is 0. The van der Waals surface area contributed by atoms with Crippen molar-refractivity contribution in [1.82, 2.24) is 0 Å². The molecule has 9 heteroatoms. The van der Waals surface area contributed by atoms with Crippen LogP contribution in [0.15, 0.2) is 109 Å². The summed E-state index contributed by atoms with van der Waals surface area (Å²) in [6, 6.07) is 0. The van der Waals surface area contributed by atoms with Gasteiger partial charge in [-0.3, -0.25) is 14.1 Å². The molecule has 0 aliphatic rings. The Morgan fingerprint density at radius 1 is 0.509 bits per heavy atom. The highest BCUT2D eigenvalue weighted by molar-refractivity contribution is 7.46. The highest BCUT2D eigenvalue weighted by atomic mass is 31.2. The maximum Gasteiger partial charge on any atom is 0.469 e. The average Bonchev–Trinajstić information content (AvgIpc) is 3.13. The van der Waals surface area contributed by atoms with Crippen molar-refractivity contribution in [2.75, 3.05) is 13.2 Å². The highest BCUT2D eigenvalue weighted by Crippen LogP contribution is 2.36. The van der Waals surface area contributed by atoms with Gasteiger partial charge in [0.1, 0.15) is 6.61 Å². The first kappa shape index (κ1) is 49.7. The first-order valence-corrected chi connectivity index (χ1v) is 21.2. The standard InChI is InChI=1S/C44H69O8P/c1-3-5-7-9-11-13-15-17-18-19-20-21-22-23-24-25-27-28-30-32-34-36-38-43(45)50-40-42(41-51-53(47,48)49)52-44(46)39-37-35-33-31-29-26-16-14-12-10-8-6-4-2/h5-8,10-14,16-18,20-21,23-24,27-28,42H,3-4,9,15,19,22,25-26,29-41H2,1-2H3,(H2,47,48,49)/b7-5+,8-6+,12-10+,13-11+,16-14+,18-17+,21-20+,24-23+,28-27+. The van der Waals surface area contributed by atoms with E-state index >= 15 is 0 Å². The van der Waals surface area contributed by atoms with Crippen LogP contribution in [0.25, 0.3) is 0 Å². The lowest BCUT2D eigenvalue weighted by molar-refractivity contribution is -0.161. The van der Waals surface area contributed by atoms with E-state index in [2.05, 4.69) is 110 Å². The summed E-state index contributed by atoms with van der Waals surface area (Å²) in [5.41, 5.74) is 0. The molecular weight excluding hydrogens is 687 g/mol. The largest absolute Gasteiger partial charge is 0.469 e. The molecule has 8 nitrogen and oxygen atoms in total. The zero-order valence-corrected chi connectivity index (χ0v) is 33.5. The predicted octanol–water partition coefficient (Wildman–Crippen LogP) is 12.0. The minimum atomic E-state index is -4.77. The van der Waals surface area contributed by atoms with E-state index in [1.54, 1.807) is 0 Å². The zero-order valence-electron chi connectivity index (χ0n) is 32.6. The van der Waals surface area contributed by atoms with Crippen molar-refractivity contribution in [3.8, 4) is 0 Å². The van der Waals surface area contributed by atoms with E-state index in [9.17, 15) is 14.2 Å². The average molecular weight is 757 g/mol. The predicted molar refractivity (Wildman–Crippen MR) is 220 cm³/mol. The SMILES string of the molecule is CC/C=C/C=C/C=C/CCCCCCCC(=O)OC(COC(=O)CCCCC/C=C/C/C=C/C/C=C/C/C=C/C/C=C/C/C=C/CC)COP(=O)(O)O. The Morgan fingerprint density at radius 3 is 1.49 bits per heavy atom. The molecule has 0 aromatic heterocycles. The van der Waals surface area contributed by atoms with Gasteiger partial charge >= 0.3 is 19.8 Å². The third-order valence-corrected chi connectivity index (χ3v) is 8.08. The van der Waals surface area contributed by atoms with Crippen molar-refractivity contribution in [2.45, 2.75) is 142 Å². The van der Waals surface area contributed by atoms with Gasteiger partial charge in [-0.05, 0) is 83.5 Å². The maximum atomic E-state index is 12.4. The molecule has 0 amide bonds. The number of unbranched alkanes of at least 4 members (excludes halogenated alkanes) is 8. The molecule has 0 aliphatic heterocycles. The number of carbonyl (C=O) groups is 2. The van der Waals surface area contributed by atoms with Gasteiger partial charge in [-0.2, -0.15) is 0 Å². The number of allylic oxidation sites excluding steroid dienone is 18. The van der Waals surface area contributed by atoms with E-state index in [1.807, 2.05) is 18.2 Å². The van der Waals surface area contributed by atoms with E-state index in [4.69, 9.17) is 19.3 Å². The topological polar surface area (TPSA) is 119 Å². The van der Waals surface area contributed by atoms with Crippen LogP contribution in [0.4, 0.5) is 0 Å². The smallest absolute Gasteiger partial charge is 0.462 e. The molecule has 0 aromatic carbocycles. The molecule has 53 heavy (non-hydrogen) atoms. The molecule has 0 aromatic rings. The lowest BCUT2D eigenvalue weighted by atomic mass is 10.1. The Morgan fingerprint density at radius 2 is 0.943 bits per heavy atom. The molecule has 0 fully saturated rings. The maximum absolute atomic E-state index is 12.4. The molecule has 1 unspecified atom stereocenters. The normalized spacial score (nSPS) is 13.7. The number of hydrogen-bond acceptors (Lipinski definition) is 6. The quantitative estimate of drug-likeness (QED) is 0.0219. The summed E-state index contributed by atoms with van der Waals surface area (Å²) in [7, 11) is -4.77. The van der Waals surface area contributed by atoms with Gasteiger partial charge in [0.2, 0.25) is 0 Å². The van der Waals surface area contributed by atoms with Crippen LogP contribution in [-0.4, -0.2) is 41.0 Å². The summed E-state index contributed by atoms with van der Waals surface area (Å²) in [4.78, 5) is 42.7. The number of hydrogen-bond donors (Lipinski definition) is 2. The second kappa shape index (κ2) is 38.4. The lowest BCUT2D eigenvalue weighted by Gasteiger charge is -2.18. The summed E-state index contributed by atoms with van der Waals surface area (Å²) in [6.45, 7) is 3.36. The number of phosphoric acid groups is 1. The summed E-state index contributed by atoms with van der Waals surface area (Å²) in [5.74, 6) is -0.961. The molecule has 0 heterocycles. The Labute approximate surface area is 321 Å². The van der Waals surface area contributed by atoms with Gasteiger partial charge in [0.05, 0.1) is 6.61 Å². The van der Waals surface area contributed by atoms with E-state index in [0.717, 1.165) is 96.3 Å². The monoisotopic (exact) mass is 756 g/mol. The molecule has 0 rings (SSSR count). The van der Waals surface area contributed by atoms with Crippen molar-refractivity contribution in [3.63, 3.8) is 0 Å². The summed E-state index contributed by atoms with van der Waals surface area (Å²) in [5, 5.41) is 0. The van der Waals surface area contributed by atoms with Crippen molar-refractivity contribution >= 4 is 19.8 Å². The molecule has 298 valence electrons. The Kier molecular flexibility index (Phi) is 36.0. The van der Waals surface area contributed by atoms with Crippen molar-refractivity contribution in [3.05, 3.63) is 109 Å². The van der Waals surface area contributed by atoms with E-state index in [-0.39, 0.29) is 19.4 Å². The molecule has 0 bridgehead atoms. The molecule has 0 aliphatic carbocycles. The zero-order chi connectivity index (χ0) is 38.9. The van der Waals surface area contributed by atoms with Crippen molar-refractivity contribution in [2.24, 2.45) is 0 Å². The Hall–Kier alpha value is -3.29. The summed E-state index contributed by atoms with van der Waals surface area (Å²) in [6.07, 6.45) is 53.8. The number of phosphoric ester groups is 1. The molecule has 0 spiro atoms. The third kappa shape index (κ3) is 41.3. The lowest BCUT2D eigenvalue weighted by Crippen LogP contribution is -2.29. The van der Waals surface area contributed by atoms with Gasteiger partial charge in [0.15, 0.2) is 6.10 Å². The molecule has 0 saturated heterocycles. The van der Waals surface area contributed by atoms with Crippen LogP contribution in [0.3, 0.4) is 0 Å². The van der Waals surface area contributed by atoms with Crippen LogP contribution < -0.4 is 0 Å². The fourth-order valence-corrected chi connectivity index (χ4v) is 5.09. The summed E-state index contributed by atoms with van der Waals surface area (Å²) < 4.78 is 26.3. The van der Waals surface area contributed by atoms with Gasteiger partial charge in [-0.15, -0.1) is 0 Å². The molecular formula is C44H69O8P. The van der Waals surface area contributed by atoms with Crippen LogP contribution in [0.2, 0.25) is 0 Å². The van der Waals surface area contributed by atoms with Gasteiger partial charge in [0, 0.05) is 12.8 Å². The van der Waals surface area contributed by atoms with Gasteiger partial charge in [-0.1, -0.05) is 149 Å². The second-order valence-electron chi connectivity index (χ2n) is 12.6. The number of esters is 2. The minimum absolute atomic E-state index is 0.174. The van der Waals surface area contributed by atoms with Gasteiger partial charge in [0.25, 0.3) is 0 Å². The second-order valence-corrected chi connectivity index (χ2v) is 13.8.